The summed E-state index contributed by atoms with van der Waals surface area (Å²) < 4.78 is 0. The smallest absolute Gasteiger partial charge is 0.307 e. The average molecular weight is 385 g/mol. The molecule has 1 aromatic carbocycles. The summed E-state index contributed by atoms with van der Waals surface area (Å²) in [5.74, 6) is -0.423. The number of fused-ring (bicyclic) bond motifs is 1. The minimum absolute atomic E-state index is 0.000813. The molecule has 2 aromatic rings. The molecule has 0 bridgehead atoms. The quantitative estimate of drug-likeness (QED) is 0.873. The minimum atomic E-state index is -0.883. The van der Waals surface area contributed by atoms with Crippen LogP contribution in [-0.4, -0.2) is 40.0 Å². The molecule has 1 aliphatic carbocycles. The van der Waals surface area contributed by atoms with Crippen LogP contribution in [0.2, 0.25) is 0 Å². The summed E-state index contributed by atoms with van der Waals surface area (Å²) in [5, 5.41) is 10.2. The number of carboxylic acids is 1. The first-order valence-corrected chi connectivity index (χ1v) is 10.5. The van der Waals surface area contributed by atoms with Gasteiger partial charge in [0.05, 0.1) is 17.1 Å². The molecule has 1 N–H and O–H groups in total. The van der Waals surface area contributed by atoms with E-state index in [1.165, 1.54) is 34.8 Å². The Morgan fingerprint density at radius 3 is 2.70 bits per heavy atom. The molecule has 5 nitrogen and oxygen atoms in total. The maximum Gasteiger partial charge on any atom is 0.307 e. The molecule has 142 valence electrons. The second kappa shape index (κ2) is 7.80. The van der Waals surface area contributed by atoms with Gasteiger partial charge in [-0.2, -0.15) is 0 Å². The van der Waals surface area contributed by atoms with Crippen molar-refractivity contribution in [1.29, 1.82) is 0 Å². The highest BCUT2D eigenvalue weighted by Gasteiger charge is 2.28. The number of carbonyl (C=O) groups excluding carboxylic acids is 1. The van der Waals surface area contributed by atoms with Gasteiger partial charge in [-0.1, -0.05) is 12.1 Å². The number of piperidine rings is 1. The molecule has 1 aromatic heterocycles. The molecule has 2 aliphatic rings. The Bertz CT molecular complexity index is 829. The Balaban J connectivity index is 1.39. The molecule has 0 atom stereocenters. The van der Waals surface area contributed by atoms with Crippen LogP contribution in [0.3, 0.4) is 0 Å². The summed E-state index contributed by atoms with van der Waals surface area (Å²) in [7, 11) is 0. The van der Waals surface area contributed by atoms with Gasteiger partial charge in [0, 0.05) is 29.4 Å². The van der Waals surface area contributed by atoms with Crippen LogP contribution < -0.4 is 0 Å². The van der Waals surface area contributed by atoms with Crippen molar-refractivity contribution in [2.45, 2.75) is 50.9 Å². The summed E-state index contributed by atoms with van der Waals surface area (Å²) in [6.45, 7) is 1.47. The lowest BCUT2D eigenvalue weighted by Gasteiger charge is -2.31. The largest absolute Gasteiger partial charge is 0.481 e. The van der Waals surface area contributed by atoms with Gasteiger partial charge in [0.25, 0.3) is 5.91 Å². The van der Waals surface area contributed by atoms with Crippen LogP contribution in [0.1, 0.15) is 63.1 Å². The predicted octanol–water partition coefficient (Wildman–Crippen LogP) is 3.67. The van der Waals surface area contributed by atoms with Crippen molar-refractivity contribution >= 4 is 23.2 Å². The molecular weight excluding hydrogens is 360 g/mol. The first-order valence-electron chi connectivity index (χ1n) is 9.68. The summed E-state index contributed by atoms with van der Waals surface area (Å²) in [6.07, 6.45) is 6.68. The van der Waals surface area contributed by atoms with E-state index in [4.69, 9.17) is 10.1 Å². The molecule has 2 heterocycles. The molecule has 6 heteroatoms. The van der Waals surface area contributed by atoms with Crippen LogP contribution in [0.4, 0.5) is 0 Å². The molecule has 27 heavy (non-hydrogen) atoms. The van der Waals surface area contributed by atoms with E-state index in [1.807, 2.05) is 16.2 Å². The number of likely N-dealkylation sites (tertiary alicyclic amines) is 1. The van der Waals surface area contributed by atoms with Gasteiger partial charge in [-0.15, -0.1) is 11.3 Å². The lowest BCUT2D eigenvalue weighted by molar-refractivity contribution is -0.136. The molecule has 1 aliphatic heterocycles. The van der Waals surface area contributed by atoms with Crippen LogP contribution in [0.25, 0.3) is 0 Å². The van der Waals surface area contributed by atoms with E-state index in [-0.39, 0.29) is 12.3 Å². The zero-order valence-electron chi connectivity index (χ0n) is 15.3. The highest BCUT2D eigenvalue weighted by Crippen LogP contribution is 2.35. The molecule has 4 rings (SSSR count). The third kappa shape index (κ3) is 4.05. The number of nitrogens with zero attached hydrogens (tertiary/aromatic N) is 2. The van der Waals surface area contributed by atoms with E-state index in [9.17, 15) is 9.59 Å². The van der Waals surface area contributed by atoms with Gasteiger partial charge >= 0.3 is 5.97 Å². The highest BCUT2D eigenvalue weighted by atomic mass is 32.1. The first kappa shape index (κ1) is 18.2. The van der Waals surface area contributed by atoms with Crippen molar-refractivity contribution in [3.8, 4) is 0 Å². The third-order valence-electron chi connectivity index (χ3n) is 5.52. The van der Waals surface area contributed by atoms with Gasteiger partial charge in [-0.05, 0) is 56.2 Å². The number of amides is 1. The van der Waals surface area contributed by atoms with Crippen LogP contribution in [-0.2, 0) is 24.1 Å². The maximum atomic E-state index is 12.8. The second-order valence-electron chi connectivity index (χ2n) is 7.47. The zero-order chi connectivity index (χ0) is 18.8. The van der Waals surface area contributed by atoms with E-state index < -0.39 is 5.97 Å². The predicted molar refractivity (Wildman–Crippen MR) is 104 cm³/mol. The van der Waals surface area contributed by atoms with Crippen LogP contribution in [0.5, 0.6) is 0 Å². The molecule has 0 spiro atoms. The number of carbonyl (C=O) groups is 2. The van der Waals surface area contributed by atoms with E-state index >= 15 is 0 Å². The second-order valence-corrected chi connectivity index (χ2v) is 8.58. The maximum absolute atomic E-state index is 12.8. The Morgan fingerprint density at radius 1 is 1.19 bits per heavy atom. The number of aryl methyl sites for hydroxylation is 2. The van der Waals surface area contributed by atoms with Gasteiger partial charge in [-0.25, -0.2) is 4.98 Å². The van der Waals surface area contributed by atoms with Crippen molar-refractivity contribution in [2.75, 3.05) is 13.1 Å². The molecule has 0 unspecified atom stereocenters. The van der Waals surface area contributed by atoms with E-state index in [1.54, 1.807) is 24.3 Å². The monoisotopic (exact) mass is 384 g/mol. The summed E-state index contributed by atoms with van der Waals surface area (Å²) in [4.78, 5) is 32.0. The standard InChI is InChI=1S/C21H24N2O3S/c24-19(25)13-14-4-3-5-16(12-14)21(26)23-10-8-15(9-11-23)20-22-17-6-1-2-7-18(17)27-20/h3-5,12,15H,1-2,6-11,13H2,(H,24,25). The summed E-state index contributed by atoms with van der Waals surface area (Å²) in [5.41, 5.74) is 2.56. The zero-order valence-corrected chi connectivity index (χ0v) is 16.1. The summed E-state index contributed by atoms with van der Waals surface area (Å²) in [6, 6.07) is 6.99. The number of hydrogen-bond acceptors (Lipinski definition) is 4. The fourth-order valence-corrected chi connectivity index (χ4v) is 5.37. The summed E-state index contributed by atoms with van der Waals surface area (Å²) >= 11 is 1.89. The highest BCUT2D eigenvalue weighted by molar-refractivity contribution is 7.11. The molecule has 0 saturated carbocycles. The van der Waals surface area contributed by atoms with Crippen LogP contribution in [0, 0.1) is 0 Å². The van der Waals surface area contributed by atoms with Crippen molar-refractivity contribution in [3.63, 3.8) is 0 Å². The fourth-order valence-electron chi connectivity index (χ4n) is 4.05. The lowest BCUT2D eigenvalue weighted by Crippen LogP contribution is -2.38. The molecular formula is C21H24N2O3S. The molecule has 1 fully saturated rings. The number of thiazole rings is 1. The Kier molecular flexibility index (Phi) is 5.25. The first-order chi connectivity index (χ1) is 13.1. The normalized spacial score (nSPS) is 17.6. The number of hydrogen-bond donors (Lipinski definition) is 1. The van der Waals surface area contributed by atoms with Crippen LogP contribution in [0.15, 0.2) is 24.3 Å². The molecule has 1 amide bonds. The number of rotatable bonds is 4. The number of aromatic nitrogens is 1. The minimum Gasteiger partial charge on any atom is -0.481 e. The third-order valence-corrected chi connectivity index (χ3v) is 6.84. The van der Waals surface area contributed by atoms with Gasteiger partial charge < -0.3 is 10.0 Å². The lowest BCUT2D eigenvalue weighted by atomic mass is 9.96. The van der Waals surface area contributed by atoms with Gasteiger partial charge in [-0.3, -0.25) is 9.59 Å². The Morgan fingerprint density at radius 2 is 1.96 bits per heavy atom. The van der Waals surface area contributed by atoms with Crippen molar-refractivity contribution < 1.29 is 14.7 Å². The van der Waals surface area contributed by atoms with Gasteiger partial charge in [0.15, 0.2) is 0 Å². The van der Waals surface area contributed by atoms with Crippen LogP contribution >= 0.6 is 11.3 Å². The average Bonchev–Trinajstić information content (AvgIpc) is 3.11. The number of carboxylic acid groups (broad SMARTS) is 1. The molecule has 1 saturated heterocycles. The van der Waals surface area contributed by atoms with E-state index in [0.717, 1.165) is 32.4 Å². The fraction of sp³-hybridized carbons (Fsp3) is 0.476. The topological polar surface area (TPSA) is 70.5 Å². The SMILES string of the molecule is O=C(O)Cc1cccc(C(=O)N2CCC(c3nc4c(s3)CCCC4)CC2)c1. The van der Waals surface area contributed by atoms with Crippen molar-refractivity contribution in [2.24, 2.45) is 0 Å². The molecule has 0 radical (unpaired) electrons. The van der Waals surface area contributed by atoms with E-state index in [0.29, 0.717) is 17.0 Å². The van der Waals surface area contributed by atoms with Gasteiger partial charge in [0.1, 0.15) is 0 Å². The van der Waals surface area contributed by atoms with Crippen molar-refractivity contribution in [1.82, 2.24) is 9.88 Å². The number of benzene rings is 1. The number of aliphatic carboxylic acids is 1. The Labute approximate surface area is 163 Å². The van der Waals surface area contributed by atoms with Gasteiger partial charge in [0.2, 0.25) is 0 Å². The van der Waals surface area contributed by atoms with E-state index in [2.05, 4.69) is 0 Å². The Hall–Kier alpha value is -2.21. The van der Waals surface area contributed by atoms with Crippen molar-refractivity contribution in [3.05, 3.63) is 51.0 Å².